The molecule has 126 valence electrons. The quantitative estimate of drug-likeness (QED) is 0.867. The highest BCUT2D eigenvalue weighted by Crippen LogP contribution is 2.30. The summed E-state index contributed by atoms with van der Waals surface area (Å²) in [6, 6.07) is 16.2. The van der Waals surface area contributed by atoms with Crippen molar-refractivity contribution >= 4 is 11.6 Å². The lowest BCUT2D eigenvalue weighted by molar-refractivity contribution is -0.130. The van der Waals surface area contributed by atoms with Crippen LogP contribution in [-0.4, -0.2) is 44.1 Å². The Labute approximate surface area is 143 Å². The van der Waals surface area contributed by atoms with Gasteiger partial charge in [0, 0.05) is 26.2 Å². The molecule has 0 radical (unpaired) electrons. The average molecular weight is 324 g/mol. The maximum absolute atomic E-state index is 12.5. The second-order valence-electron chi connectivity index (χ2n) is 6.21. The molecule has 0 atom stereocenters. The van der Waals surface area contributed by atoms with Crippen molar-refractivity contribution in [3.63, 3.8) is 0 Å². The Kier molecular flexibility index (Phi) is 5.04. The summed E-state index contributed by atoms with van der Waals surface area (Å²) < 4.78 is 5.48. The first-order valence-electron chi connectivity index (χ1n) is 8.38. The predicted molar refractivity (Wildman–Crippen MR) is 96.7 cm³/mol. The fourth-order valence-electron chi connectivity index (χ4n) is 3.13. The van der Waals surface area contributed by atoms with E-state index in [1.165, 1.54) is 5.56 Å². The summed E-state index contributed by atoms with van der Waals surface area (Å²) in [5, 5.41) is 0. The molecule has 1 aliphatic rings. The van der Waals surface area contributed by atoms with E-state index in [1.54, 1.807) is 7.11 Å². The standard InChI is InChI=1S/C20H24N2O2/c1-16-8-9-19(24-2)18(14-16)21-10-12-22(13-11-21)20(23)15-17-6-4-3-5-7-17/h3-9,14H,10-13,15H2,1-2H3. The van der Waals surface area contributed by atoms with Crippen molar-refractivity contribution in [1.29, 1.82) is 0 Å². The molecule has 0 N–H and O–H groups in total. The van der Waals surface area contributed by atoms with Crippen molar-refractivity contribution in [3.8, 4) is 5.75 Å². The molecule has 0 aromatic heterocycles. The third-order valence-electron chi connectivity index (χ3n) is 4.51. The van der Waals surface area contributed by atoms with Crippen LogP contribution in [0.4, 0.5) is 5.69 Å². The van der Waals surface area contributed by atoms with E-state index in [9.17, 15) is 4.79 Å². The Morgan fingerprint density at radius 1 is 1.04 bits per heavy atom. The van der Waals surface area contributed by atoms with Crippen LogP contribution in [0.3, 0.4) is 0 Å². The molecule has 1 amide bonds. The molecular formula is C20H24N2O2. The van der Waals surface area contributed by atoms with E-state index in [1.807, 2.05) is 41.3 Å². The lowest BCUT2D eigenvalue weighted by Crippen LogP contribution is -2.49. The fourth-order valence-corrected chi connectivity index (χ4v) is 3.13. The summed E-state index contributed by atoms with van der Waals surface area (Å²) in [5.41, 5.74) is 3.41. The van der Waals surface area contributed by atoms with Crippen LogP contribution in [0.5, 0.6) is 5.75 Å². The SMILES string of the molecule is COc1ccc(C)cc1N1CCN(C(=O)Cc2ccccc2)CC1. The minimum Gasteiger partial charge on any atom is -0.495 e. The molecule has 24 heavy (non-hydrogen) atoms. The van der Waals surface area contributed by atoms with Gasteiger partial charge in [-0.3, -0.25) is 4.79 Å². The zero-order valence-electron chi connectivity index (χ0n) is 14.4. The second kappa shape index (κ2) is 7.39. The summed E-state index contributed by atoms with van der Waals surface area (Å²) in [6.07, 6.45) is 0.481. The lowest BCUT2D eigenvalue weighted by atomic mass is 10.1. The number of hydrogen-bond donors (Lipinski definition) is 0. The van der Waals surface area contributed by atoms with Gasteiger partial charge >= 0.3 is 0 Å². The van der Waals surface area contributed by atoms with Gasteiger partial charge in [0.15, 0.2) is 0 Å². The van der Waals surface area contributed by atoms with Gasteiger partial charge < -0.3 is 14.5 Å². The van der Waals surface area contributed by atoms with Gasteiger partial charge in [-0.1, -0.05) is 36.4 Å². The first-order chi connectivity index (χ1) is 11.7. The number of aryl methyl sites for hydroxylation is 1. The number of nitrogens with zero attached hydrogens (tertiary/aromatic N) is 2. The maximum atomic E-state index is 12.5. The van der Waals surface area contributed by atoms with Crippen molar-refractivity contribution in [3.05, 3.63) is 59.7 Å². The third kappa shape index (κ3) is 3.70. The molecule has 0 bridgehead atoms. The number of hydrogen-bond acceptors (Lipinski definition) is 3. The number of carbonyl (C=O) groups excluding carboxylic acids is 1. The normalized spacial score (nSPS) is 14.6. The zero-order valence-corrected chi connectivity index (χ0v) is 14.4. The van der Waals surface area contributed by atoms with Gasteiger partial charge in [-0.2, -0.15) is 0 Å². The molecule has 0 saturated carbocycles. The van der Waals surface area contributed by atoms with E-state index in [-0.39, 0.29) is 5.91 Å². The van der Waals surface area contributed by atoms with Crippen molar-refractivity contribution in [2.45, 2.75) is 13.3 Å². The van der Waals surface area contributed by atoms with E-state index >= 15 is 0 Å². The zero-order chi connectivity index (χ0) is 16.9. The molecule has 4 heteroatoms. The first kappa shape index (κ1) is 16.4. The van der Waals surface area contributed by atoms with Crippen LogP contribution in [0.25, 0.3) is 0 Å². The molecule has 2 aromatic rings. The van der Waals surface area contributed by atoms with Gasteiger partial charge in [-0.15, -0.1) is 0 Å². The Morgan fingerprint density at radius 2 is 1.75 bits per heavy atom. The Bertz CT molecular complexity index is 692. The van der Waals surface area contributed by atoms with Crippen LogP contribution in [0, 0.1) is 6.92 Å². The molecule has 1 saturated heterocycles. The minimum atomic E-state index is 0.206. The van der Waals surface area contributed by atoms with Gasteiger partial charge in [0.05, 0.1) is 19.2 Å². The molecule has 3 rings (SSSR count). The van der Waals surface area contributed by atoms with Crippen LogP contribution < -0.4 is 9.64 Å². The van der Waals surface area contributed by atoms with Gasteiger partial charge in [0.1, 0.15) is 5.75 Å². The number of anilines is 1. The molecular weight excluding hydrogens is 300 g/mol. The number of methoxy groups -OCH3 is 1. The number of carbonyl (C=O) groups is 1. The highest BCUT2D eigenvalue weighted by molar-refractivity contribution is 5.79. The summed E-state index contributed by atoms with van der Waals surface area (Å²) in [7, 11) is 1.70. The van der Waals surface area contributed by atoms with Gasteiger partial charge in [-0.05, 0) is 30.2 Å². The number of piperazine rings is 1. The average Bonchev–Trinajstić information content (AvgIpc) is 2.62. The number of amides is 1. The van der Waals surface area contributed by atoms with Crippen LogP contribution in [-0.2, 0) is 11.2 Å². The van der Waals surface area contributed by atoms with Crippen LogP contribution in [0.2, 0.25) is 0 Å². The van der Waals surface area contributed by atoms with E-state index < -0.39 is 0 Å². The number of rotatable bonds is 4. The molecule has 0 aliphatic carbocycles. The molecule has 1 aliphatic heterocycles. The summed E-state index contributed by atoms with van der Waals surface area (Å²) >= 11 is 0. The summed E-state index contributed by atoms with van der Waals surface area (Å²) in [4.78, 5) is 16.7. The predicted octanol–water partition coefficient (Wildman–Crippen LogP) is 2.89. The maximum Gasteiger partial charge on any atom is 0.227 e. The smallest absolute Gasteiger partial charge is 0.227 e. The Hall–Kier alpha value is -2.49. The van der Waals surface area contributed by atoms with Crippen LogP contribution in [0.15, 0.2) is 48.5 Å². The number of benzene rings is 2. The largest absolute Gasteiger partial charge is 0.495 e. The fraction of sp³-hybridized carbons (Fsp3) is 0.350. The topological polar surface area (TPSA) is 32.8 Å². The molecule has 0 unspecified atom stereocenters. The van der Waals surface area contributed by atoms with Crippen molar-refractivity contribution in [1.82, 2.24) is 4.90 Å². The van der Waals surface area contributed by atoms with Crippen LogP contribution in [0.1, 0.15) is 11.1 Å². The highest BCUT2D eigenvalue weighted by atomic mass is 16.5. The summed E-state index contributed by atoms with van der Waals surface area (Å²) in [6.45, 7) is 5.26. The molecule has 1 fully saturated rings. The monoisotopic (exact) mass is 324 g/mol. The van der Waals surface area contributed by atoms with Gasteiger partial charge in [0.2, 0.25) is 5.91 Å². The minimum absolute atomic E-state index is 0.206. The van der Waals surface area contributed by atoms with E-state index in [0.29, 0.717) is 6.42 Å². The highest BCUT2D eigenvalue weighted by Gasteiger charge is 2.23. The van der Waals surface area contributed by atoms with E-state index in [4.69, 9.17) is 4.74 Å². The second-order valence-corrected chi connectivity index (χ2v) is 6.21. The Morgan fingerprint density at radius 3 is 2.42 bits per heavy atom. The van der Waals surface area contributed by atoms with Crippen molar-refractivity contribution in [2.24, 2.45) is 0 Å². The molecule has 1 heterocycles. The summed E-state index contributed by atoms with van der Waals surface area (Å²) in [5.74, 6) is 1.10. The number of ether oxygens (including phenoxy) is 1. The van der Waals surface area contributed by atoms with E-state index in [0.717, 1.165) is 43.2 Å². The molecule has 0 spiro atoms. The van der Waals surface area contributed by atoms with Crippen molar-refractivity contribution in [2.75, 3.05) is 38.2 Å². The first-order valence-corrected chi connectivity index (χ1v) is 8.38. The Balaban J connectivity index is 1.62. The van der Waals surface area contributed by atoms with Gasteiger partial charge in [0.25, 0.3) is 0 Å². The molecule has 4 nitrogen and oxygen atoms in total. The van der Waals surface area contributed by atoms with E-state index in [2.05, 4.69) is 24.0 Å². The van der Waals surface area contributed by atoms with Gasteiger partial charge in [-0.25, -0.2) is 0 Å². The molecule has 2 aromatic carbocycles. The van der Waals surface area contributed by atoms with Crippen LogP contribution >= 0.6 is 0 Å². The lowest BCUT2D eigenvalue weighted by Gasteiger charge is -2.36. The van der Waals surface area contributed by atoms with Crippen molar-refractivity contribution < 1.29 is 9.53 Å². The third-order valence-corrected chi connectivity index (χ3v) is 4.51.